The first-order valence-electron chi connectivity index (χ1n) is 4.93. The van der Waals surface area contributed by atoms with Crippen molar-refractivity contribution in [1.82, 2.24) is 4.31 Å². The number of sulfonamides is 1. The van der Waals surface area contributed by atoms with Crippen LogP contribution in [-0.4, -0.2) is 25.8 Å². The Morgan fingerprint density at radius 2 is 1.82 bits per heavy atom. The van der Waals surface area contributed by atoms with Gasteiger partial charge in [0, 0.05) is 6.54 Å². The molecule has 6 heteroatoms. The Kier molecular flexibility index (Phi) is 4.22. The van der Waals surface area contributed by atoms with Crippen molar-refractivity contribution in [2.24, 2.45) is 0 Å². The minimum absolute atomic E-state index is 0.0913. The molecule has 5 nitrogen and oxygen atoms in total. The Morgan fingerprint density at radius 1 is 1.24 bits per heavy atom. The van der Waals surface area contributed by atoms with E-state index in [0.29, 0.717) is 5.56 Å². The van der Waals surface area contributed by atoms with E-state index in [1.165, 1.54) is 24.3 Å². The van der Waals surface area contributed by atoms with Crippen molar-refractivity contribution in [3.8, 4) is 12.1 Å². The normalized spacial score (nSPS) is 10.8. The number of nitriles is 2. The molecule has 0 aliphatic carbocycles. The molecule has 0 heterocycles. The topological polar surface area (TPSA) is 85.0 Å². The van der Waals surface area contributed by atoms with E-state index in [1.54, 1.807) is 6.92 Å². The lowest BCUT2D eigenvalue weighted by Gasteiger charge is -2.16. The lowest BCUT2D eigenvalue weighted by atomic mass is 10.2. The molecular formula is C11H11N3O2S. The second-order valence-corrected chi connectivity index (χ2v) is 5.16. The Bertz CT molecular complexity index is 564. The summed E-state index contributed by atoms with van der Waals surface area (Å²) in [5.41, 5.74) is 0.396. The van der Waals surface area contributed by atoms with Crippen LogP contribution in [0, 0.1) is 22.7 Å². The molecule has 0 radical (unpaired) electrons. The van der Waals surface area contributed by atoms with Crippen LogP contribution in [0.15, 0.2) is 29.2 Å². The molecule has 0 bridgehead atoms. The average Bonchev–Trinajstić information content (AvgIpc) is 2.35. The first kappa shape index (κ1) is 13.2. The summed E-state index contributed by atoms with van der Waals surface area (Å²) in [6.45, 7) is 1.72. The van der Waals surface area contributed by atoms with Gasteiger partial charge in [0.05, 0.1) is 22.6 Å². The van der Waals surface area contributed by atoms with Crippen LogP contribution >= 0.6 is 0 Å². The second kappa shape index (κ2) is 5.44. The van der Waals surface area contributed by atoms with Gasteiger partial charge >= 0.3 is 0 Å². The Hall–Kier alpha value is -1.89. The van der Waals surface area contributed by atoms with Crippen LogP contribution in [0.4, 0.5) is 0 Å². The molecule has 1 rings (SSSR count). The third kappa shape index (κ3) is 2.82. The highest BCUT2D eigenvalue weighted by atomic mass is 32.2. The number of benzene rings is 1. The van der Waals surface area contributed by atoms with Gasteiger partial charge in [0.25, 0.3) is 0 Å². The molecule has 17 heavy (non-hydrogen) atoms. The molecule has 1 aromatic carbocycles. The zero-order valence-corrected chi connectivity index (χ0v) is 10.1. The van der Waals surface area contributed by atoms with E-state index < -0.39 is 10.0 Å². The molecule has 0 spiro atoms. The van der Waals surface area contributed by atoms with Crippen LogP contribution in [0.5, 0.6) is 0 Å². The molecule has 0 aliphatic heterocycles. The summed E-state index contributed by atoms with van der Waals surface area (Å²) in [4.78, 5) is 0.0913. The summed E-state index contributed by atoms with van der Waals surface area (Å²) in [6, 6.07) is 9.34. The predicted molar refractivity (Wildman–Crippen MR) is 61.2 cm³/mol. The second-order valence-electron chi connectivity index (χ2n) is 3.23. The standard InChI is InChI=1S/C11H11N3O2S/c1-2-14(8-7-12)17(15,16)11-5-3-10(9-13)4-6-11/h3-6H,2,8H2,1H3. The predicted octanol–water partition coefficient (Wildman–Crippen LogP) is 1.09. The van der Waals surface area contributed by atoms with Gasteiger partial charge in [-0.25, -0.2) is 8.42 Å². The maximum atomic E-state index is 12.0. The van der Waals surface area contributed by atoms with E-state index in [4.69, 9.17) is 10.5 Å². The summed E-state index contributed by atoms with van der Waals surface area (Å²) >= 11 is 0. The summed E-state index contributed by atoms with van der Waals surface area (Å²) in [7, 11) is -3.64. The van der Waals surface area contributed by atoms with Crippen LogP contribution in [0.2, 0.25) is 0 Å². The fraction of sp³-hybridized carbons (Fsp3) is 0.273. The van der Waals surface area contributed by atoms with Crippen molar-refractivity contribution >= 4 is 10.0 Å². The maximum absolute atomic E-state index is 12.0. The fourth-order valence-electron chi connectivity index (χ4n) is 1.30. The lowest BCUT2D eigenvalue weighted by molar-refractivity contribution is 0.462. The Balaban J connectivity index is 3.13. The van der Waals surface area contributed by atoms with Gasteiger partial charge in [0.15, 0.2) is 0 Å². The smallest absolute Gasteiger partial charge is 0.207 e. The van der Waals surface area contributed by atoms with E-state index in [9.17, 15) is 8.42 Å². The summed E-state index contributed by atoms with van der Waals surface area (Å²) < 4.78 is 25.2. The van der Waals surface area contributed by atoms with Gasteiger partial charge in [0.1, 0.15) is 6.54 Å². The van der Waals surface area contributed by atoms with Gasteiger partial charge in [-0.05, 0) is 24.3 Å². The van der Waals surface area contributed by atoms with Gasteiger partial charge in [-0.1, -0.05) is 6.92 Å². The SMILES string of the molecule is CCN(CC#N)S(=O)(=O)c1ccc(C#N)cc1. The molecule has 1 aromatic rings. The highest BCUT2D eigenvalue weighted by molar-refractivity contribution is 7.89. The van der Waals surface area contributed by atoms with Crippen LogP contribution < -0.4 is 0 Å². The van der Waals surface area contributed by atoms with Crippen molar-refractivity contribution < 1.29 is 8.42 Å². The van der Waals surface area contributed by atoms with E-state index in [1.807, 2.05) is 12.1 Å². The van der Waals surface area contributed by atoms with Crippen molar-refractivity contribution in [2.45, 2.75) is 11.8 Å². The first-order valence-corrected chi connectivity index (χ1v) is 6.37. The van der Waals surface area contributed by atoms with E-state index in [-0.39, 0.29) is 18.0 Å². The molecule has 0 aromatic heterocycles. The zero-order valence-electron chi connectivity index (χ0n) is 9.29. The van der Waals surface area contributed by atoms with Gasteiger partial charge in [-0.2, -0.15) is 14.8 Å². The molecule has 88 valence electrons. The van der Waals surface area contributed by atoms with Crippen LogP contribution in [0.3, 0.4) is 0 Å². The minimum Gasteiger partial charge on any atom is -0.207 e. The first-order chi connectivity index (χ1) is 8.06. The summed E-state index contributed by atoms with van der Waals surface area (Å²) in [5, 5.41) is 17.2. The third-order valence-electron chi connectivity index (χ3n) is 2.22. The van der Waals surface area contributed by atoms with Gasteiger partial charge in [-0.3, -0.25) is 0 Å². The van der Waals surface area contributed by atoms with Gasteiger partial charge in [-0.15, -0.1) is 0 Å². The minimum atomic E-state index is -3.64. The molecule has 0 aliphatic rings. The quantitative estimate of drug-likeness (QED) is 0.747. The van der Waals surface area contributed by atoms with Crippen molar-refractivity contribution in [1.29, 1.82) is 10.5 Å². The maximum Gasteiger partial charge on any atom is 0.244 e. The number of nitrogens with zero attached hydrogens (tertiary/aromatic N) is 3. The molecule has 0 amide bonds. The average molecular weight is 249 g/mol. The highest BCUT2D eigenvalue weighted by Crippen LogP contribution is 2.15. The summed E-state index contributed by atoms with van der Waals surface area (Å²) in [5.74, 6) is 0. The number of hydrogen-bond donors (Lipinski definition) is 0. The van der Waals surface area contributed by atoms with Crippen LogP contribution in [-0.2, 0) is 10.0 Å². The van der Waals surface area contributed by atoms with Crippen LogP contribution in [0.1, 0.15) is 12.5 Å². The number of hydrogen-bond acceptors (Lipinski definition) is 4. The molecule has 0 atom stereocenters. The Morgan fingerprint density at radius 3 is 2.24 bits per heavy atom. The van der Waals surface area contributed by atoms with Gasteiger partial charge < -0.3 is 0 Å². The fourth-order valence-corrected chi connectivity index (χ4v) is 2.64. The summed E-state index contributed by atoms with van der Waals surface area (Å²) in [6.07, 6.45) is 0. The highest BCUT2D eigenvalue weighted by Gasteiger charge is 2.22. The van der Waals surface area contributed by atoms with E-state index in [0.717, 1.165) is 4.31 Å². The molecule has 0 saturated heterocycles. The van der Waals surface area contributed by atoms with E-state index >= 15 is 0 Å². The lowest BCUT2D eigenvalue weighted by Crippen LogP contribution is -2.31. The van der Waals surface area contributed by atoms with Crippen LogP contribution in [0.25, 0.3) is 0 Å². The van der Waals surface area contributed by atoms with Crippen molar-refractivity contribution in [2.75, 3.05) is 13.1 Å². The zero-order chi connectivity index (χ0) is 12.9. The monoisotopic (exact) mass is 249 g/mol. The molecule has 0 fully saturated rings. The molecule has 0 unspecified atom stereocenters. The molecular weight excluding hydrogens is 238 g/mol. The largest absolute Gasteiger partial charge is 0.244 e. The van der Waals surface area contributed by atoms with Crippen molar-refractivity contribution in [3.63, 3.8) is 0 Å². The van der Waals surface area contributed by atoms with E-state index in [2.05, 4.69) is 0 Å². The molecule has 0 saturated carbocycles. The molecule has 0 N–H and O–H groups in total. The Labute approximate surface area is 101 Å². The third-order valence-corrected chi connectivity index (χ3v) is 4.16. The van der Waals surface area contributed by atoms with Gasteiger partial charge in [0.2, 0.25) is 10.0 Å². The number of rotatable bonds is 4. The van der Waals surface area contributed by atoms with Crippen molar-refractivity contribution in [3.05, 3.63) is 29.8 Å².